The third kappa shape index (κ3) is 1.68. The minimum Gasteiger partial charge on any atom is -0.330 e. The van der Waals surface area contributed by atoms with Crippen molar-refractivity contribution in [3.8, 4) is 0 Å². The quantitative estimate of drug-likeness (QED) is 0.763. The summed E-state index contributed by atoms with van der Waals surface area (Å²) in [6.07, 6.45) is 3.80. The zero-order valence-corrected chi connectivity index (χ0v) is 11.2. The van der Waals surface area contributed by atoms with E-state index >= 15 is 0 Å². The fourth-order valence-corrected chi connectivity index (χ4v) is 4.49. The van der Waals surface area contributed by atoms with Gasteiger partial charge in [-0.05, 0) is 30.9 Å². The van der Waals surface area contributed by atoms with Crippen LogP contribution in [0.15, 0.2) is 0 Å². The van der Waals surface area contributed by atoms with Crippen LogP contribution in [-0.2, 0) is 6.54 Å². The Labute approximate surface area is 106 Å². The molecule has 0 bridgehead atoms. The average Bonchev–Trinajstić information content (AvgIpc) is 2.86. The number of hydrogen-bond acceptors (Lipinski definition) is 2. The summed E-state index contributed by atoms with van der Waals surface area (Å²) in [7, 11) is 0. The Kier molecular flexibility index (Phi) is 2.92. The van der Waals surface area contributed by atoms with Crippen molar-refractivity contribution in [2.24, 2.45) is 0 Å². The molecule has 2 atom stereocenters. The third-order valence-electron chi connectivity index (χ3n) is 3.77. The summed E-state index contributed by atoms with van der Waals surface area (Å²) < 4.78 is 2.41. The number of aromatic nitrogens is 2. The molecule has 1 fully saturated rings. The Morgan fingerprint density at radius 3 is 3.06 bits per heavy atom. The van der Waals surface area contributed by atoms with Gasteiger partial charge in [0, 0.05) is 18.2 Å². The van der Waals surface area contributed by atoms with Crippen molar-refractivity contribution in [1.82, 2.24) is 9.55 Å². The first kappa shape index (κ1) is 11.0. The monoisotopic (exact) mass is 256 g/mol. The first-order valence-corrected chi connectivity index (χ1v) is 7.64. The standard InChI is InChI=1S/C12H17ClN2S/c1-8-3-2-5-15-10(8)11(13)14-12(15)9-4-6-16-7-9/h8-9H,2-7H2,1H3. The third-order valence-corrected chi connectivity index (χ3v) is 5.21. The minimum absolute atomic E-state index is 0.580. The molecule has 4 heteroatoms. The van der Waals surface area contributed by atoms with Crippen LogP contribution in [0.2, 0.25) is 5.15 Å². The molecule has 2 aliphatic rings. The molecule has 1 aromatic heterocycles. The van der Waals surface area contributed by atoms with E-state index in [1.54, 1.807) is 0 Å². The van der Waals surface area contributed by atoms with Crippen molar-refractivity contribution in [2.45, 2.75) is 44.6 Å². The molecule has 1 saturated heterocycles. The normalized spacial score (nSPS) is 29.4. The highest BCUT2D eigenvalue weighted by Crippen LogP contribution is 2.38. The second-order valence-electron chi connectivity index (χ2n) is 4.90. The zero-order valence-electron chi connectivity index (χ0n) is 9.58. The van der Waals surface area contributed by atoms with Gasteiger partial charge in [-0.3, -0.25) is 0 Å². The van der Waals surface area contributed by atoms with E-state index < -0.39 is 0 Å². The molecule has 2 nitrogen and oxygen atoms in total. The predicted octanol–water partition coefficient (Wildman–Crippen LogP) is 3.65. The number of fused-ring (bicyclic) bond motifs is 1. The largest absolute Gasteiger partial charge is 0.330 e. The maximum Gasteiger partial charge on any atom is 0.150 e. The second-order valence-corrected chi connectivity index (χ2v) is 6.41. The zero-order chi connectivity index (χ0) is 11.1. The van der Waals surface area contributed by atoms with E-state index in [0.717, 1.165) is 11.7 Å². The lowest BCUT2D eigenvalue weighted by Gasteiger charge is -2.23. The van der Waals surface area contributed by atoms with E-state index in [1.807, 2.05) is 11.8 Å². The molecule has 2 unspecified atom stereocenters. The number of imidazole rings is 1. The topological polar surface area (TPSA) is 17.8 Å². The van der Waals surface area contributed by atoms with Gasteiger partial charge >= 0.3 is 0 Å². The van der Waals surface area contributed by atoms with E-state index in [4.69, 9.17) is 11.6 Å². The van der Waals surface area contributed by atoms with Gasteiger partial charge in [-0.25, -0.2) is 4.98 Å². The van der Waals surface area contributed by atoms with E-state index in [2.05, 4.69) is 16.5 Å². The summed E-state index contributed by atoms with van der Waals surface area (Å²) in [6.45, 7) is 3.39. The Balaban J connectivity index is 2.02. The van der Waals surface area contributed by atoms with Crippen LogP contribution in [0.5, 0.6) is 0 Å². The summed E-state index contributed by atoms with van der Waals surface area (Å²) in [5.74, 6) is 4.98. The van der Waals surface area contributed by atoms with Gasteiger partial charge in [0.1, 0.15) is 5.82 Å². The van der Waals surface area contributed by atoms with Crippen LogP contribution >= 0.6 is 23.4 Å². The van der Waals surface area contributed by atoms with Gasteiger partial charge in [-0.15, -0.1) is 0 Å². The molecule has 0 saturated carbocycles. The highest BCUT2D eigenvalue weighted by atomic mass is 35.5. The van der Waals surface area contributed by atoms with Crippen molar-refractivity contribution in [2.75, 3.05) is 11.5 Å². The lowest BCUT2D eigenvalue weighted by molar-refractivity contribution is 0.454. The maximum atomic E-state index is 6.30. The van der Waals surface area contributed by atoms with E-state index in [-0.39, 0.29) is 0 Å². The molecule has 2 aliphatic heterocycles. The van der Waals surface area contributed by atoms with Crippen LogP contribution in [0.1, 0.15) is 49.5 Å². The first-order chi connectivity index (χ1) is 7.77. The fourth-order valence-electron chi connectivity index (χ4n) is 2.90. The Morgan fingerprint density at radius 2 is 2.31 bits per heavy atom. The number of hydrogen-bond donors (Lipinski definition) is 0. The van der Waals surface area contributed by atoms with Crippen molar-refractivity contribution >= 4 is 23.4 Å². The van der Waals surface area contributed by atoms with Crippen molar-refractivity contribution < 1.29 is 0 Å². The van der Waals surface area contributed by atoms with E-state index in [1.165, 1.54) is 42.3 Å². The van der Waals surface area contributed by atoms with Crippen LogP contribution in [0.4, 0.5) is 0 Å². The second kappa shape index (κ2) is 4.26. The molecule has 3 rings (SSSR count). The molecular formula is C12H17ClN2S. The summed E-state index contributed by atoms with van der Waals surface area (Å²) in [5.41, 5.74) is 1.29. The van der Waals surface area contributed by atoms with Gasteiger partial charge in [0.05, 0.1) is 5.69 Å². The summed E-state index contributed by atoms with van der Waals surface area (Å²) in [6, 6.07) is 0. The Hall–Kier alpha value is -0.150. The van der Waals surface area contributed by atoms with Crippen LogP contribution in [0.3, 0.4) is 0 Å². The van der Waals surface area contributed by atoms with Crippen molar-refractivity contribution in [3.63, 3.8) is 0 Å². The molecule has 0 amide bonds. The van der Waals surface area contributed by atoms with Crippen LogP contribution < -0.4 is 0 Å². The molecule has 0 aliphatic carbocycles. The molecule has 1 aromatic rings. The highest BCUT2D eigenvalue weighted by molar-refractivity contribution is 7.99. The molecule has 0 radical (unpaired) electrons. The van der Waals surface area contributed by atoms with Crippen molar-refractivity contribution in [1.29, 1.82) is 0 Å². The van der Waals surface area contributed by atoms with E-state index in [0.29, 0.717) is 11.8 Å². The first-order valence-electron chi connectivity index (χ1n) is 6.11. The molecular weight excluding hydrogens is 240 g/mol. The fraction of sp³-hybridized carbons (Fsp3) is 0.750. The number of thioether (sulfide) groups is 1. The molecule has 16 heavy (non-hydrogen) atoms. The van der Waals surface area contributed by atoms with Gasteiger partial charge in [0.25, 0.3) is 0 Å². The number of rotatable bonds is 1. The molecule has 0 spiro atoms. The summed E-state index contributed by atoms with van der Waals surface area (Å²) >= 11 is 8.34. The number of halogens is 1. The van der Waals surface area contributed by atoms with Gasteiger partial charge < -0.3 is 4.57 Å². The van der Waals surface area contributed by atoms with Crippen molar-refractivity contribution in [3.05, 3.63) is 16.7 Å². The smallest absolute Gasteiger partial charge is 0.150 e. The predicted molar refractivity (Wildman–Crippen MR) is 69.6 cm³/mol. The maximum absolute atomic E-state index is 6.30. The molecule has 0 aromatic carbocycles. The minimum atomic E-state index is 0.580. The van der Waals surface area contributed by atoms with Gasteiger partial charge in [-0.2, -0.15) is 11.8 Å². The Bertz CT molecular complexity index is 396. The molecule has 0 N–H and O–H groups in total. The molecule has 3 heterocycles. The Morgan fingerprint density at radius 1 is 1.44 bits per heavy atom. The lowest BCUT2D eigenvalue weighted by Crippen LogP contribution is -2.17. The summed E-state index contributed by atoms with van der Waals surface area (Å²) in [5, 5.41) is 0.763. The van der Waals surface area contributed by atoms with E-state index in [9.17, 15) is 0 Å². The van der Waals surface area contributed by atoms with Crippen LogP contribution in [0.25, 0.3) is 0 Å². The average molecular weight is 257 g/mol. The molecule has 88 valence electrons. The summed E-state index contributed by atoms with van der Waals surface area (Å²) in [4.78, 5) is 4.64. The van der Waals surface area contributed by atoms with Gasteiger partial charge in [-0.1, -0.05) is 18.5 Å². The van der Waals surface area contributed by atoms with Crippen LogP contribution in [-0.4, -0.2) is 21.1 Å². The van der Waals surface area contributed by atoms with Gasteiger partial charge in [0.15, 0.2) is 5.15 Å². The SMILES string of the molecule is CC1CCCn2c(C3CCSC3)nc(Cl)c21. The van der Waals surface area contributed by atoms with Gasteiger partial charge in [0.2, 0.25) is 0 Å². The number of nitrogens with zero attached hydrogens (tertiary/aromatic N) is 2. The highest BCUT2D eigenvalue weighted by Gasteiger charge is 2.29. The van der Waals surface area contributed by atoms with Crippen LogP contribution in [0, 0.1) is 0 Å². The lowest BCUT2D eigenvalue weighted by atomic mass is 9.98.